The minimum absolute atomic E-state index is 0.0942. The quantitative estimate of drug-likeness (QED) is 0.594. The fourth-order valence-electron chi connectivity index (χ4n) is 2.21. The number of hydrogen-bond acceptors (Lipinski definition) is 2. The van der Waals surface area contributed by atoms with Crippen LogP contribution in [0.1, 0.15) is 25.8 Å². The summed E-state index contributed by atoms with van der Waals surface area (Å²) in [5, 5.41) is 3.56. The van der Waals surface area contributed by atoms with Crippen LogP contribution in [-0.2, 0) is 17.8 Å². The molecule has 0 aliphatic carbocycles. The number of amides is 1. The Morgan fingerprint density at radius 2 is 1.86 bits per heavy atom. The smallest absolute Gasteiger partial charge is 0.224 e. The van der Waals surface area contributed by atoms with Gasteiger partial charge in [0.2, 0.25) is 5.91 Å². The molecule has 0 atom stereocenters. The normalized spacial score (nSPS) is 10.9. The highest BCUT2D eigenvalue weighted by Crippen LogP contribution is 2.22. The second-order valence-corrected chi connectivity index (χ2v) is 7.26. The van der Waals surface area contributed by atoms with Crippen LogP contribution in [0.25, 0.3) is 0 Å². The van der Waals surface area contributed by atoms with E-state index in [0.29, 0.717) is 11.7 Å². The lowest BCUT2D eigenvalue weighted by Gasteiger charge is -2.08. The third-order valence-electron chi connectivity index (χ3n) is 3.24. The first kappa shape index (κ1) is 16.7. The van der Waals surface area contributed by atoms with E-state index in [9.17, 15) is 4.79 Å². The molecular weight excluding hydrogens is 292 g/mol. The first-order valence-electron chi connectivity index (χ1n) is 7.76. The van der Waals surface area contributed by atoms with Crippen LogP contribution in [0.4, 0.5) is 0 Å². The van der Waals surface area contributed by atoms with E-state index in [4.69, 9.17) is 0 Å². The number of nitrogens with zero attached hydrogens (tertiary/aromatic N) is 1. The molecule has 0 radical (unpaired) electrons. The molecule has 1 N–H and O–H groups in total. The highest BCUT2D eigenvalue weighted by molar-refractivity contribution is 7.99. The molecule has 1 heterocycles. The van der Waals surface area contributed by atoms with Crippen LogP contribution in [-0.4, -0.2) is 22.3 Å². The number of rotatable bonds is 8. The Labute approximate surface area is 137 Å². The number of hydrogen-bond donors (Lipinski definition) is 1. The van der Waals surface area contributed by atoms with Gasteiger partial charge in [-0.25, -0.2) is 0 Å². The van der Waals surface area contributed by atoms with Crippen LogP contribution >= 0.6 is 11.8 Å². The van der Waals surface area contributed by atoms with Crippen LogP contribution < -0.4 is 5.32 Å². The van der Waals surface area contributed by atoms with Gasteiger partial charge in [0.05, 0.1) is 6.42 Å². The molecule has 0 saturated carbocycles. The third kappa shape index (κ3) is 5.98. The lowest BCUT2D eigenvalue weighted by Crippen LogP contribution is -2.26. The number of aryl methyl sites for hydroxylation is 1. The van der Waals surface area contributed by atoms with E-state index >= 15 is 0 Å². The first-order chi connectivity index (χ1) is 10.6. The van der Waals surface area contributed by atoms with Crippen molar-refractivity contribution in [2.24, 2.45) is 0 Å². The molecule has 0 fully saturated rings. The van der Waals surface area contributed by atoms with E-state index in [1.54, 1.807) is 0 Å². The lowest BCUT2D eigenvalue weighted by atomic mass is 10.1. The van der Waals surface area contributed by atoms with Crippen LogP contribution in [0.3, 0.4) is 0 Å². The molecule has 2 aromatic rings. The van der Waals surface area contributed by atoms with E-state index in [-0.39, 0.29) is 5.91 Å². The van der Waals surface area contributed by atoms with Gasteiger partial charge in [0.25, 0.3) is 0 Å². The zero-order chi connectivity index (χ0) is 15.8. The molecular formula is C18H24N2OS. The van der Waals surface area contributed by atoms with Crippen molar-refractivity contribution >= 4 is 17.7 Å². The highest BCUT2D eigenvalue weighted by atomic mass is 32.2. The maximum atomic E-state index is 11.9. The Morgan fingerprint density at radius 3 is 2.50 bits per heavy atom. The summed E-state index contributed by atoms with van der Waals surface area (Å²) in [6.07, 6.45) is 5.48. The minimum atomic E-state index is 0.0942. The highest BCUT2D eigenvalue weighted by Gasteiger charge is 2.04. The van der Waals surface area contributed by atoms with Gasteiger partial charge in [-0.05, 0) is 36.2 Å². The molecule has 0 unspecified atom stereocenters. The molecule has 4 heteroatoms. The Hall–Kier alpha value is -1.68. The molecule has 0 aliphatic heterocycles. The van der Waals surface area contributed by atoms with Crippen molar-refractivity contribution in [3.8, 4) is 0 Å². The van der Waals surface area contributed by atoms with Gasteiger partial charge >= 0.3 is 0 Å². The van der Waals surface area contributed by atoms with Gasteiger partial charge < -0.3 is 9.88 Å². The Morgan fingerprint density at radius 1 is 1.18 bits per heavy atom. The van der Waals surface area contributed by atoms with Crippen molar-refractivity contribution in [3.05, 3.63) is 54.4 Å². The summed E-state index contributed by atoms with van der Waals surface area (Å²) >= 11 is 1.84. The molecule has 22 heavy (non-hydrogen) atoms. The predicted octanol–water partition coefficient (Wildman–Crippen LogP) is 3.74. The second kappa shape index (κ2) is 8.69. The summed E-state index contributed by atoms with van der Waals surface area (Å²) < 4.78 is 2.12. The van der Waals surface area contributed by atoms with Crippen LogP contribution in [0.2, 0.25) is 0 Å². The van der Waals surface area contributed by atoms with Crippen LogP contribution in [0.5, 0.6) is 0 Å². The van der Waals surface area contributed by atoms with Gasteiger partial charge in [-0.15, -0.1) is 11.8 Å². The predicted molar refractivity (Wildman–Crippen MR) is 93.2 cm³/mol. The average molecular weight is 316 g/mol. The molecule has 0 aliphatic rings. The number of carbonyl (C=O) groups excluding carboxylic acids is 1. The number of carbonyl (C=O) groups is 1. The Balaban J connectivity index is 1.68. The Kier molecular flexibility index (Phi) is 6.59. The van der Waals surface area contributed by atoms with Crippen molar-refractivity contribution in [1.82, 2.24) is 9.88 Å². The van der Waals surface area contributed by atoms with Crippen LogP contribution in [0.15, 0.2) is 53.7 Å². The summed E-state index contributed by atoms with van der Waals surface area (Å²) in [4.78, 5) is 13.2. The number of nitrogens with one attached hydrogen (secondary N) is 1. The lowest BCUT2D eigenvalue weighted by molar-refractivity contribution is -0.120. The van der Waals surface area contributed by atoms with Crippen molar-refractivity contribution in [1.29, 1.82) is 0 Å². The summed E-state index contributed by atoms with van der Waals surface area (Å²) in [7, 11) is 0. The Bertz CT molecular complexity index is 561. The van der Waals surface area contributed by atoms with Crippen molar-refractivity contribution in [2.75, 3.05) is 6.54 Å². The summed E-state index contributed by atoms with van der Waals surface area (Å²) in [6.45, 7) is 6.02. The van der Waals surface area contributed by atoms with Gasteiger partial charge in [-0.1, -0.05) is 26.0 Å². The average Bonchev–Trinajstić information content (AvgIpc) is 2.98. The third-order valence-corrected chi connectivity index (χ3v) is 4.26. The van der Waals surface area contributed by atoms with Gasteiger partial charge in [-0.3, -0.25) is 4.79 Å². The molecule has 0 bridgehead atoms. The number of benzene rings is 1. The number of thioether (sulfide) groups is 1. The fraction of sp³-hybridized carbons (Fsp3) is 0.389. The molecule has 2 rings (SSSR count). The van der Waals surface area contributed by atoms with E-state index in [0.717, 1.165) is 25.1 Å². The van der Waals surface area contributed by atoms with Gasteiger partial charge in [0.15, 0.2) is 0 Å². The van der Waals surface area contributed by atoms with E-state index in [2.05, 4.69) is 35.9 Å². The van der Waals surface area contributed by atoms with Crippen molar-refractivity contribution in [3.63, 3.8) is 0 Å². The van der Waals surface area contributed by atoms with Gasteiger partial charge in [-0.2, -0.15) is 0 Å². The minimum Gasteiger partial charge on any atom is -0.356 e. The van der Waals surface area contributed by atoms with Crippen molar-refractivity contribution in [2.45, 2.75) is 43.4 Å². The van der Waals surface area contributed by atoms with E-state index in [1.165, 1.54) is 4.90 Å². The number of aromatic nitrogens is 1. The molecule has 1 amide bonds. The van der Waals surface area contributed by atoms with Crippen molar-refractivity contribution < 1.29 is 4.79 Å². The molecule has 118 valence electrons. The fourth-order valence-corrected chi connectivity index (χ4v) is 3.05. The van der Waals surface area contributed by atoms with Crippen LogP contribution in [0, 0.1) is 0 Å². The SMILES string of the molecule is CC(C)Sc1ccc(CC(=O)NCCCn2cccc2)cc1. The zero-order valence-electron chi connectivity index (χ0n) is 13.3. The second-order valence-electron chi connectivity index (χ2n) is 5.61. The standard InChI is InChI=1S/C18H24N2OS/c1-15(2)22-17-8-6-16(7-9-17)14-18(21)19-10-5-13-20-11-3-4-12-20/h3-4,6-9,11-12,15H,5,10,13-14H2,1-2H3,(H,19,21). The topological polar surface area (TPSA) is 34.0 Å². The summed E-state index contributed by atoms with van der Waals surface area (Å²) in [5.41, 5.74) is 1.07. The molecule has 1 aromatic heterocycles. The molecule has 0 saturated heterocycles. The zero-order valence-corrected chi connectivity index (χ0v) is 14.1. The molecule has 0 spiro atoms. The monoisotopic (exact) mass is 316 g/mol. The maximum absolute atomic E-state index is 11.9. The van der Waals surface area contributed by atoms with Gasteiger partial charge in [0.1, 0.15) is 0 Å². The van der Waals surface area contributed by atoms with E-state index < -0.39 is 0 Å². The molecule has 1 aromatic carbocycles. The first-order valence-corrected chi connectivity index (χ1v) is 8.64. The van der Waals surface area contributed by atoms with E-state index in [1.807, 2.05) is 48.4 Å². The van der Waals surface area contributed by atoms with Gasteiger partial charge in [0, 0.05) is 35.6 Å². The maximum Gasteiger partial charge on any atom is 0.224 e. The summed E-state index contributed by atoms with van der Waals surface area (Å²) in [6, 6.07) is 12.3. The molecule has 3 nitrogen and oxygen atoms in total. The largest absolute Gasteiger partial charge is 0.356 e. The summed E-state index contributed by atoms with van der Waals surface area (Å²) in [5.74, 6) is 0.0942.